The van der Waals surface area contributed by atoms with Crippen molar-refractivity contribution in [2.45, 2.75) is 71.6 Å². The average Bonchev–Trinajstić information content (AvgIpc) is 2.99. The summed E-state index contributed by atoms with van der Waals surface area (Å²) < 4.78 is 5.34. The monoisotopic (exact) mass is 537 g/mol. The summed E-state index contributed by atoms with van der Waals surface area (Å²) in [5, 5.41) is 10.9. The minimum atomic E-state index is -0.707. The molecule has 39 heavy (non-hydrogen) atoms. The summed E-state index contributed by atoms with van der Waals surface area (Å²) in [5.74, 6) is -0.522. The van der Waals surface area contributed by atoms with Crippen LogP contribution < -0.4 is 26.2 Å². The fourth-order valence-electron chi connectivity index (χ4n) is 4.22. The lowest BCUT2D eigenvalue weighted by molar-refractivity contribution is -0.127. The first kappa shape index (κ1) is 29.5. The predicted octanol–water partition coefficient (Wildman–Crippen LogP) is 4.10. The highest BCUT2D eigenvalue weighted by molar-refractivity contribution is 6.00. The average molecular weight is 538 g/mol. The number of carbonyl (C=O) groups is 4. The number of para-hydroxylation sites is 1. The van der Waals surface area contributed by atoms with E-state index in [0.29, 0.717) is 25.1 Å². The number of hydrogen-bond donors (Lipinski definition) is 4. The molecule has 1 heterocycles. The molecule has 1 atom stereocenters. The molecule has 210 valence electrons. The first-order valence-corrected chi connectivity index (χ1v) is 13.3. The van der Waals surface area contributed by atoms with Gasteiger partial charge in [-0.15, -0.1) is 0 Å². The standard InChI is InChI=1S/C29H39N5O5/c1-5-16-30-27(37)31-17-15-25(35)33-23-14-13-21-10-6-7-12-24(21)34(26(23)36)19-20-9-8-11-22(18-20)32-28(38)39-29(2,3)4/h6-12,18,23H,5,13-17,19H2,1-4H3,(H,32,38)(H,33,35)(H2,30,31,37). The van der Waals surface area contributed by atoms with Crippen LogP contribution in [-0.4, -0.2) is 48.7 Å². The molecular formula is C29H39N5O5. The Morgan fingerprint density at radius 2 is 1.77 bits per heavy atom. The van der Waals surface area contributed by atoms with Crippen LogP contribution in [0.25, 0.3) is 0 Å². The first-order chi connectivity index (χ1) is 18.6. The second-order valence-electron chi connectivity index (χ2n) is 10.5. The number of nitrogens with zero attached hydrogens (tertiary/aromatic N) is 1. The van der Waals surface area contributed by atoms with E-state index >= 15 is 0 Å². The number of benzene rings is 2. The SMILES string of the molecule is CCCNC(=O)NCCC(=O)NC1CCc2ccccc2N(Cc2cccc(NC(=O)OC(C)(C)C)c2)C1=O. The number of aryl methyl sites for hydroxylation is 1. The van der Waals surface area contributed by atoms with Crippen LogP contribution in [0.3, 0.4) is 0 Å². The highest BCUT2D eigenvalue weighted by Crippen LogP contribution is 2.29. The van der Waals surface area contributed by atoms with Crippen LogP contribution in [0.5, 0.6) is 0 Å². The molecule has 0 radical (unpaired) electrons. The molecule has 2 aromatic carbocycles. The van der Waals surface area contributed by atoms with Crippen LogP contribution in [0.1, 0.15) is 58.1 Å². The summed E-state index contributed by atoms with van der Waals surface area (Å²) in [5.41, 5.74) is 2.54. The molecule has 5 amide bonds. The molecule has 10 nitrogen and oxygen atoms in total. The molecule has 1 aliphatic heterocycles. The van der Waals surface area contributed by atoms with Crippen molar-refractivity contribution in [1.82, 2.24) is 16.0 Å². The maximum absolute atomic E-state index is 13.7. The van der Waals surface area contributed by atoms with Crippen molar-refractivity contribution in [3.05, 3.63) is 59.7 Å². The van der Waals surface area contributed by atoms with Crippen molar-refractivity contribution in [3.63, 3.8) is 0 Å². The van der Waals surface area contributed by atoms with Gasteiger partial charge >= 0.3 is 12.1 Å². The molecule has 1 aliphatic rings. The van der Waals surface area contributed by atoms with Gasteiger partial charge in [0.1, 0.15) is 11.6 Å². The third-order valence-electron chi connectivity index (χ3n) is 5.97. The molecule has 2 aromatic rings. The number of ether oxygens (including phenoxy) is 1. The van der Waals surface area contributed by atoms with Crippen LogP contribution in [-0.2, 0) is 27.3 Å². The number of urea groups is 1. The number of hydrogen-bond acceptors (Lipinski definition) is 5. The van der Waals surface area contributed by atoms with Gasteiger partial charge in [-0.25, -0.2) is 9.59 Å². The van der Waals surface area contributed by atoms with E-state index < -0.39 is 17.7 Å². The van der Waals surface area contributed by atoms with E-state index in [9.17, 15) is 19.2 Å². The van der Waals surface area contributed by atoms with Crippen molar-refractivity contribution in [1.29, 1.82) is 0 Å². The lowest BCUT2D eigenvalue weighted by Crippen LogP contribution is -2.48. The highest BCUT2D eigenvalue weighted by atomic mass is 16.6. The molecule has 0 saturated heterocycles. The Hall–Kier alpha value is -4.08. The van der Waals surface area contributed by atoms with Gasteiger partial charge in [-0.2, -0.15) is 0 Å². The largest absolute Gasteiger partial charge is 0.444 e. The molecule has 0 fully saturated rings. The van der Waals surface area contributed by atoms with Crippen LogP contribution in [0.15, 0.2) is 48.5 Å². The maximum Gasteiger partial charge on any atom is 0.412 e. The minimum absolute atomic E-state index is 0.0641. The quantitative estimate of drug-likeness (QED) is 0.383. The lowest BCUT2D eigenvalue weighted by atomic mass is 10.1. The zero-order chi connectivity index (χ0) is 28.4. The topological polar surface area (TPSA) is 129 Å². The Bertz CT molecular complexity index is 1180. The molecule has 0 aliphatic carbocycles. The van der Waals surface area contributed by atoms with E-state index in [1.54, 1.807) is 43.9 Å². The van der Waals surface area contributed by atoms with Gasteiger partial charge in [-0.3, -0.25) is 14.9 Å². The molecule has 1 unspecified atom stereocenters. The van der Waals surface area contributed by atoms with E-state index in [1.807, 2.05) is 37.3 Å². The minimum Gasteiger partial charge on any atom is -0.444 e. The Morgan fingerprint density at radius 3 is 2.51 bits per heavy atom. The van der Waals surface area contributed by atoms with Gasteiger partial charge in [0.25, 0.3) is 0 Å². The number of anilines is 2. The van der Waals surface area contributed by atoms with Gasteiger partial charge in [0.05, 0.1) is 6.54 Å². The highest BCUT2D eigenvalue weighted by Gasteiger charge is 2.31. The fraction of sp³-hybridized carbons (Fsp3) is 0.448. The van der Waals surface area contributed by atoms with E-state index in [2.05, 4.69) is 21.3 Å². The number of fused-ring (bicyclic) bond motifs is 1. The molecule has 3 rings (SSSR count). The number of nitrogens with one attached hydrogen (secondary N) is 4. The van der Waals surface area contributed by atoms with Gasteiger partial charge in [-0.1, -0.05) is 37.3 Å². The normalized spacial score (nSPS) is 15.0. The third kappa shape index (κ3) is 9.31. The lowest BCUT2D eigenvalue weighted by Gasteiger charge is -2.27. The van der Waals surface area contributed by atoms with Crippen LogP contribution >= 0.6 is 0 Å². The van der Waals surface area contributed by atoms with Gasteiger partial charge < -0.3 is 25.6 Å². The zero-order valence-corrected chi connectivity index (χ0v) is 23.1. The van der Waals surface area contributed by atoms with Crippen molar-refractivity contribution in [3.8, 4) is 0 Å². The van der Waals surface area contributed by atoms with Crippen LogP contribution in [0, 0.1) is 0 Å². The Morgan fingerprint density at radius 1 is 1.03 bits per heavy atom. The molecule has 4 N–H and O–H groups in total. The number of rotatable bonds is 9. The van der Waals surface area contributed by atoms with E-state index in [0.717, 1.165) is 23.2 Å². The second kappa shape index (κ2) is 13.6. The van der Waals surface area contributed by atoms with Crippen molar-refractivity contribution in [2.24, 2.45) is 0 Å². The Labute approximate surface area is 229 Å². The number of amides is 5. The summed E-state index contributed by atoms with van der Waals surface area (Å²) in [6.45, 7) is 8.32. The summed E-state index contributed by atoms with van der Waals surface area (Å²) in [7, 11) is 0. The van der Waals surface area contributed by atoms with Crippen molar-refractivity contribution in [2.75, 3.05) is 23.3 Å². The van der Waals surface area contributed by atoms with Crippen molar-refractivity contribution >= 4 is 35.3 Å². The summed E-state index contributed by atoms with van der Waals surface area (Å²) in [6, 6.07) is 13.9. The van der Waals surface area contributed by atoms with Crippen LogP contribution in [0.2, 0.25) is 0 Å². The fourth-order valence-corrected chi connectivity index (χ4v) is 4.22. The third-order valence-corrected chi connectivity index (χ3v) is 5.97. The van der Waals surface area contributed by atoms with Gasteiger partial charge in [0, 0.05) is 30.9 Å². The summed E-state index contributed by atoms with van der Waals surface area (Å²) in [6.07, 6.45) is 1.41. The van der Waals surface area contributed by atoms with E-state index in [1.165, 1.54) is 0 Å². The Kier molecular flexibility index (Phi) is 10.3. The van der Waals surface area contributed by atoms with Gasteiger partial charge in [-0.05, 0) is 69.4 Å². The number of carbonyl (C=O) groups excluding carboxylic acids is 4. The van der Waals surface area contributed by atoms with Gasteiger partial charge in [0.15, 0.2) is 0 Å². The van der Waals surface area contributed by atoms with E-state index in [-0.39, 0.29) is 37.4 Å². The Balaban J connectivity index is 1.70. The van der Waals surface area contributed by atoms with Crippen LogP contribution in [0.4, 0.5) is 21.0 Å². The van der Waals surface area contributed by atoms with Crippen molar-refractivity contribution < 1.29 is 23.9 Å². The zero-order valence-electron chi connectivity index (χ0n) is 23.1. The first-order valence-electron chi connectivity index (χ1n) is 13.3. The predicted molar refractivity (Wildman–Crippen MR) is 150 cm³/mol. The second-order valence-corrected chi connectivity index (χ2v) is 10.5. The van der Waals surface area contributed by atoms with Gasteiger partial charge in [0.2, 0.25) is 11.8 Å². The molecular weight excluding hydrogens is 498 g/mol. The molecule has 0 aromatic heterocycles. The molecule has 10 heteroatoms. The maximum atomic E-state index is 13.7. The molecule has 0 bridgehead atoms. The molecule has 0 spiro atoms. The summed E-state index contributed by atoms with van der Waals surface area (Å²) >= 11 is 0. The molecule has 0 saturated carbocycles. The summed E-state index contributed by atoms with van der Waals surface area (Å²) in [4.78, 5) is 52.0. The van der Waals surface area contributed by atoms with E-state index in [4.69, 9.17) is 4.74 Å². The smallest absolute Gasteiger partial charge is 0.412 e.